The Labute approximate surface area is 142 Å². The lowest BCUT2D eigenvalue weighted by Crippen LogP contribution is -2.43. The van der Waals surface area contributed by atoms with Crippen LogP contribution in [0.5, 0.6) is 0 Å². The lowest BCUT2D eigenvalue weighted by molar-refractivity contribution is 0.114. The fourth-order valence-corrected chi connectivity index (χ4v) is 2.50. The lowest BCUT2D eigenvalue weighted by Gasteiger charge is -2.17. The molecule has 1 aromatic rings. The molecule has 1 saturated heterocycles. The van der Waals surface area contributed by atoms with Gasteiger partial charge < -0.3 is 19.9 Å². The minimum absolute atomic E-state index is 0.289. The van der Waals surface area contributed by atoms with Crippen LogP contribution in [0.15, 0.2) is 4.99 Å². The first-order valence-corrected chi connectivity index (χ1v) is 9.40. The van der Waals surface area contributed by atoms with Crippen LogP contribution in [0.25, 0.3) is 0 Å². The average Bonchev–Trinajstić information content (AvgIpc) is 3.18. The Morgan fingerprint density at radius 3 is 2.91 bits per heavy atom. The number of nitrogens with zero attached hydrogens (tertiary/aromatic N) is 4. The fourth-order valence-electron chi connectivity index (χ4n) is 2.25. The van der Waals surface area contributed by atoms with E-state index in [1.165, 1.54) is 0 Å². The van der Waals surface area contributed by atoms with Crippen molar-refractivity contribution in [3.8, 4) is 0 Å². The maximum atomic E-state index is 5.66. The van der Waals surface area contributed by atoms with Crippen LogP contribution in [-0.2, 0) is 18.3 Å². The van der Waals surface area contributed by atoms with Crippen LogP contribution in [0, 0.1) is 6.92 Å². The molecule has 0 aromatic carbocycles. The van der Waals surface area contributed by atoms with E-state index in [9.17, 15) is 0 Å². The first kappa shape index (κ1) is 18.1. The number of ether oxygens (including phenoxy) is 1. The summed E-state index contributed by atoms with van der Waals surface area (Å²) in [6.07, 6.45) is 4.67. The van der Waals surface area contributed by atoms with Crippen LogP contribution in [0.3, 0.4) is 0 Å². The first-order chi connectivity index (χ1) is 11.1. The fraction of sp³-hybridized carbons (Fsp3) is 0.800. The molecule has 1 aliphatic rings. The molecule has 1 aromatic heterocycles. The number of aliphatic imine (C=N–C) groups is 1. The second-order valence-electron chi connectivity index (χ2n) is 5.83. The summed E-state index contributed by atoms with van der Waals surface area (Å²) in [5, 5.41) is 15.5. The number of hydrogen-bond acceptors (Lipinski definition) is 5. The molecule has 1 fully saturated rings. The van der Waals surface area contributed by atoms with Gasteiger partial charge in [0.05, 0.1) is 6.10 Å². The van der Waals surface area contributed by atoms with Gasteiger partial charge in [0, 0.05) is 32.0 Å². The average molecular weight is 340 g/mol. The molecular weight excluding hydrogens is 312 g/mol. The number of rotatable bonds is 7. The summed E-state index contributed by atoms with van der Waals surface area (Å²) in [7, 11) is 1.96. The van der Waals surface area contributed by atoms with Gasteiger partial charge in [0.25, 0.3) is 0 Å². The van der Waals surface area contributed by atoms with Crippen molar-refractivity contribution in [1.82, 2.24) is 25.4 Å². The highest BCUT2D eigenvalue weighted by Crippen LogP contribution is 2.10. The normalized spacial score (nSPS) is 19.8. The van der Waals surface area contributed by atoms with Crippen molar-refractivity contribution in [2.75, 3.05) is 26.0 Å². The van der Waals surface area contributed by atoms with Crippen LogP contribution >= 0.6 is 11.8 Å². The van der Waals surface area contributed by atoms with Crippen LogP contribution in [0.2, 0.25) is 0 Å². The third-order valence-corrected chi connectivity index (χ3v) is 5.01. The molecule has 2 atom stereocenters. The topological polar surface area (TPSA) is 76.4 Å². The Morgan fingerprint density at radius 1 is 1.48 bits per heavy atom. The summed E-state index contributed by atoms with van der Waals surface area (Å²) in [6, 6.07) is 0. The Bertz CT molecular complexity index is 512. The zero-order valence-electron chi connectivity index (χ0n) is 14.5. The van der Waals surface area contributed by atoms with E-state index < -0.39 is 0 Å². The van der Waals surface area contributed by atoms with E-state index in [0.29, 0.717) is 11.8 Å². The van der Waals surface area contributed by atoms with E-state index in [2.05, 4.69) is 39.0 Å². The van der Waals surface area contributed by atoms with Gasteiger partial charge in [0.2, 0.25) is 0 Å². The number of thioether (sulfide) groups is 1. The third-order valence-electron chi connectivity index (χ3n) is 4.04. The number of aryl methyl sites for hydroxylation is 1. The van der Waals surface area contributed by atoms with Crippen LogP contribution < -0.4 is 10.6 Å². The largest absolute Gasteiger partial charge is 0.376 e. The smallest absolute Gasteiger partial charge is 0.191 e. The van der Waals surface area contributed by atoms with E-state index >= 15 is 0 Å². The van der Waals surface area contributed by atoms with Crippen molar-refractivity contribution < 1.29 is 4.74 Å². The van der Waals surface area contributed by atoms with E-state index in [1.807, 2.05) is 30.3 Å². The van der Waals surface area contributed by atoms with Crippen molar-refractivity contribution in [2.45, 2.75) is 44.6 Å². The number of aromatic nitrogens is 3. The highest BCUT2D eigenvalue weighted by atomic mass is 32.2. The number of hydrogen-bond donors (Lipinski definition) is 2. The Morgan fingerprint density at radius 2 is 2.30 bits per heavy atom. The minimum Gasteiger partial charge on any atom is -0.376 e. The van der Waals surface area contributed by atoms with Gasteiger partial charge in [-0.25, -0.2) is 4.99 Å². The summed E-state index contributed by atoms with van der Waals surface area (Å²) < 4.78 is 7.62. The van der Waals surface area contributed by atoms with Crippen molar-refractivity contribution in [3.05, 3.63) is 11.6 Å². The lowest BCUT2D eigenvalue weighted by atomic mass is 10.2. The highest BCUT2D eigenvalue weighted by Gasteiger charge is 2.16. The molecule has 2 N–H and O–H groups in total. The molecule has 0 radical (unpaired) electrons. The molecule has 7 nitrogen and oxygen atoms in total. The Hall–Kier alpha value is -1.28. The molecule has 23 heavy (non-hydrogen) atoms. The number of nitrogens with one attached hydrogen (secondary N) is 2. The van der Waals surface area contributed by atoms with Crippen LogP contribution in [0.1, 0.15) is 31.4 Å². The van der Waals surface area contributed by atoms with Gasteiger partial charge in [-0.1, -0.05) is 6.92 Å². The van der Waals surface area contributed by atoms with Gasteiger partial charge in [-0.15, -0.1) is 10.2 Å². The van der Waals surface area contributed by atoms with E-state index in [1.54, 1.807) is 0 Å². The third kappa shape index (κ3) is 5.69. The summed E-state index contributed by atoms with van der Waals surface area (Å²) in [5.74, 6) is 2.56. The molecule has 2 heterocycles. The van der Waals surface area contributed by atoms with Gasteiger partial charge in [0.15, 0.2) is 11.8 Å². The molecule has 130 valence electrons. The van der Waals surface area contributed by atoms with Gasteiger partial charge in [-0.2, -0.15) is 11.8 Å². The summed E-state index contributed by atoms with van der Waals surface area (Å²) in [5.41, 5.74) is 0. The molecule has 0 aliphatic carbocycles. The predicted octanol–water partition coefficient (Wildman–Crippen LogP) is 1.09. The van der Waals surface area contributed by atoms with Crippen molar-refractivity contribution in [1.29, 1.82) is 0 Å². The zero-order chi connectivity index (χ0) is 16.7. The van der Waals surface area contributed by atoms with Crippen LogP contribution in [0.4, 0.5) is 0 Å². The Kier molecular flexibility index (Phi) is 7.16. The summed E-state index contributed by atoms with van der Waals surface area (Å²) >= 11 is 1.83. The van der Waals surface area contributed by atoms with Gasteiger partial charge in [0.1, 0.15) is 12.4 Å². The zero-order valence-corrected chi connectivity index (χ0v) is 15.3. The van der Waals surface area contributed by atoms with Crippen molar-refractivity contribution in [3.63, 3.8) is 0 Å². The molecular formula is C15H28N6OS. The van der Waals surface area contributed by atoms with E-state index in [-0.39, 0.29) is 6.10 Å². The second kappa shape index (κ2) is 9.12. The van der Waals surface area contributed by atoms with Crippen LogP contribution in [-0.4, -0.2) is 58.0 Å². The van der Waals surface area contributed by atoms with Gasteiger partial charge >= 0.3 is 0 Å². The second-order valence-corrected chi connectivity index (χ2v) is 7.11. The first-order valence-electron chi connectivity index (χ1n) is 8.11. The standard InChI is InChI=1S/C15H28N6OS/c1-11(23-4)8-16-15(17-9-13-6-5-7-22-13)18-10-14-20-19-12(2)21(14)3/h11,13H,5-10H2,1-4H3,(H2,16,17,18). The molecule has 2 rings (SSSR count). The van der Waals surface area contributed by atoms with Gasteiger partial charge in [-0.05, 0) is 26.0 Å². The van der Waals surface area contributed by atoms with Crippen molar-refractivity contribution >= 4 is 17.7 Å². The van der Waals surface area contributed by atoms with E-state index in [0.717, 1.165) is 50.1 Å². The summed E-state index contributed by atoms with van der Waals surface area (Å²) in [4.78, 5) is 4.64. The highest BCUT2D eigenvalue weighted by molar-refractivity contribution is 7.99. The molecule has 0 saturated carbocycles. The minimum atomic E-state index is 0.289. The molecule has 1 aliphatic heterocycles. The van der Waals surface area contributed by atoms with E-state index in [4.69, 9.17) is 4.74 Å². The molecule has 8 heteroatoms. The predicted molar refractivity (Wildman–Crippen MR) is 94.8 cm³/mol. The Balaban J connectivity index is 1.92. The SMILES string of the molecule is CSC(C)CNC(=NCc1nnc(C)n1C)NCC1CCCO1. The quantitative estimate of drug-likeness (QED) is 0.572. The summed E-state index contributed by atoms with van der Waals surface area (Å²) in [6.45, 7) is 7.17. The maximum absolute atomic E-state index is 5.66. The van der Waals surface area contributed by atoms with Gasteiger partial charge in [-0.3, -0.25) is 0 Å². The number of guanidine groups is 1. The molecule has 0 spiro atoms. The van der Waals surface area contributed by atoms with Crippen molar-refractivity contribution in [2.24, 2.45) is 12.0 Å². The maximum Gasteiger partial charge on any atom is 0.191 e. The molecule has 0 amide bonds. The monoisotopic (exact) mass is 340 g/mol. The molecule has 0 bridgehead atoms. The molecule has 2 unspecified atom stereocenters.